The number of allylic oxidation sites excluding steroid dienone is 2. The van der Waals surface area contributed by atoms with E-state index in [-0.39, 0.29) is 16.7 Å². The SMILES string of the molecule is FC(F)(F)Oc1ccc([N+]2(c3ccccc3OC(F)(F)F)C=CC(c3cc[nH+]cc3)=CC2)cc1.F[B-](F)(F)F.F[B-](F)(F)F. The van der Waals surface area contributed by atoms with Crippen molar-refractivity contribution in [2.24, 2.45) is 0 Å². The molecule has 1 atom stereocenters. The van der Waals surface area contributed by atoms with Gasteiger partial charge in [-0.25, -0.2) is 9.47 Å². The molecule has 0 aliphatic carbocycles. The van der Waals surface area contributed by atoms with Crippen molar-refractivity contribution < 1.29 is 75.3 Å². The molecular formula is C24H18B2F14N2O2. The molecule has 1 N–H and O–H groups in total. The van der Waals surface area contributed by atoms with Gasteiger partial charge in [-0.3, -0.25) is 0 Å². The van der Waals surface area contributed by atoms with Gasteiger partial charge in [0.25, 0.3) is 0 Å². The van der Waals surface area contributed by atoms with Crippen molar-refractivity contribution in [3.8, 4) is 11.5 Å². The van der Waals surface area contributed by atoms with E-state index >= 15 is 0 Å². The van der Waals surface area contributed by atoms with Crippen molar-refractivity contribution in [1.29, 1.82) is 0 Å². The molecule has 4 rings (SSSR count). The average molecular weight is 654 g/mol. The third-order valence-corrected chi connectivity index (χ3v) is 5.21. The fraction of sp³-hybridized carbons (Fsp3) is 0.125. The number of halogens is 14. The van der Waals surface area contributed by atoms with E-state index in [9.17, 15) is 60.9 Å². The van der Waals surface area contributed by atoms with Crippen LogP contribution in [0.3, 0.4) is 0 Å². The fourth-order valence-electron chi connectivity index (χ4n) is 3.79. The first-order chi connectivity index (χ1) is 20.1. The number of rotatable bonds is 5. The third kappa shape index (κ3) is 13.0. The highest BCUT2D eigenvalue weighted by Gasteiger charge is 2.40. The average Bonchev–Trinajstić information content (AvgIpc) is 2.86. The van der Waals surface area contributed by atoms with Gasteiger partial charge in [0.1, 0.15) is 24.2 Å². The van der Waals surface area contributed by atoms with Gasteiger partial charge in [-0.05, 0) is 41.5 Å². The molecule has 3 aromatic rings. The smallest absolute Gasteiger partial charge is 0.418 e. The second-order valence-corrected chi connectivity index (χ2v) is 8.36. The molecule has 0 saturated carbocycles. The standard InChI is InChI=1S/C24H17F6N2O2.2BF4/c25-23(26,27)33-20-7-5-19(6-8-20)32(21-3-1-2-4-22(21)34-24(28,29)30)15-11-18(12-16-32)17-9-13-31-14-10-17;2*2-1(3,4)5/h1-15H,16H2;;/q+1;2*-1/p+1. The Labute approximate surface area is 239 Å². The van der Waals surface area contributed by atoms with E-state index in [1.165, 1.54) is 30.3 Å². The molecule has 1 unspecified atom stereocenters. The van der Waals surface area contributed by atoms with Crippen molar-refractivity contribution in [2.45, 2.75) is 12.7 Å². The maximum atomic E-state index is 13.1. The summed E-state index contributed by atoms with van der Waals surface area (Å²) in [6.07, 6.45) is -1.02. The van der Waals surface area contributed by atoms with E-state index in [4.69, 9.17) is 0 Å². The molecular weight excluding hydrogens is 636 g/mol. The predicted molar refractivity (Wildman–Crippen MR) is 133 cm³/mol. The van der Waals surface area contributed by atoms with Gasteiger partial charge in [-0.1, -0.05) is 12.1 Å². The van der Waals surface area contributed by atoms with E-state index in [2.05, 4.69) is 14.5 Å². The molecule has 1 aliphatic heterocycles. The van der Waals surface area contributed by atoms with Crippen LogP contribution in [-0.2, 0) is 0 Å². The number of nitrogens with one attached hydrogen (secondary N) is 1. The maximum Gasteiger partial charge on any atom is 0.673 e. The van der Waals surface area contributed by atoms with Crippen LogP contribution in [0.4, 0.5) is 72.2 Å². The van der Waals surface area contributed by atoms with Crippen LogP contribution in [0.5, 0.6) is 11.5 Å². The first-order valence-electron chi connectivity index (χ1n) is 11.8. The number of pyridine rings is 1. The van der Waals surface area contributed by atoms with Crippen LogP contribution in [0.1, 0.15) is 5.56 Å². The number of aromatic nitrogens is 1. The molecule has 240 valence electrons. The zero-order valence-electron chi connectivity index (χ0n) is 21.6. The summed E-state index contributed by atoms with van der Waals surface area (Å²) in [5.74, 6) is -0.853. The van der Waals surface area contributed by atoms with Gasteiger partial charge < -0.3 is 44.0 Å². The Bertz CT molecular complexity index is 1380. The van der Waals surface area contributed by atoms with Gasteiger partial charge in [0.15, 0.2) is 23.8 Å². The highest BCUT2D eigenvalue weighted by molar-refractivity contribution is 6.50. The number of H-pyrrole nitrogens is 1. The molecule has 1 aliphatic rings. The minimum Gasteiger partial charge on any atom is -0.418 e. The van der Waals surface area contributed by atoms with E-state index in [1.54, 1.807) is 30.7 Å². The summed E-state index contributed by atoms with van der Waals surface area (Å²) in [6, 6.07) is 14.4. The van der Waals surface area contributed by atoms with E-state index in [0.29, 0.717) is 5.69 Å². The summed E-state index contributed by atoms with van der Waals surface area (Å²) >= 11 is 0. The summed E-state index contributed by atoms with van der Waals surface area (Å²) in [7, 11) is -12.0. The molecule has 0 saturated heterocycles. The monoisotopic (exact) mass is 654 g/mol. The molecule has 0 spiro atoms. The van der Waals surface area contributed by atoms with Crippen LogP contribution in [0.15, 0.2) is 91.4 Å². The van der Waals surface area contributed by atoms with Crippen LogP contribution in [0, 0.1) is 0 Å². The van der Waals surface area contributed by atoms with Gasteiger partial charge >= 0.3 is 27.2 Å². The number of alkyl halides is 6. The number of nitrogens with zero attached hydrogens (tertiary/aromatic N) is 1. The zero-order valence-corrected chi connectivity index (χ0v) is 21.6. The highest BCUT2D eigenvalue weighted by atomic mass is 19.5. The first kappa shape index (κ1) is 36.0. The van der Waals surface area contributed by atoms with Gasteiger partial charge in [0, 0.05) is 30.3 Å². The molecule has 0 radical (unpaired) electrons. The quantitative estimate of drug-likeness (QED) is 0.156. The minimum absolute atomic E-state index is 0.164. The highest BCUT2D eigenvalue weighted by Crippen LogP contribution is 2.45. The number of aromatic amines is 1. The first-order valence-corrected chi connectivity index (χ1v) is 11.8. The van der Waals surface area contributed by atoms with Crippen molar-refractivity contribution in [3.05, 3.63) is 97.0 Å². The molecule has 20 heteroatoms. The molecule has 44 heavy (non-hydrogen) atoms. The number of hydrogen-bond donors (Lipinski definition) is 0. The van der Waals surface area contributed by atoms with Gasteiger partial charge in [-0.2, -0.15) is 0 Å². The van der Waals surface area contributed by atoms with Crippen molar-refractivity contribution >= 4 is 31.5 Å². The summed E-state index contributed by atoms with van der Waals surface area (Å²) < 4.78 is 163. The summed E-state index contributed by atoms with van der Waals surface area (Å²) in [5, 5.41) is 0. The predicted octanol–water partition coefficient (Wildman–Crippen LogP) is 9.15. The Hall–Kier alpha value is -4.22. The lowest BCUT2D eigenvalue weighted by Gasteiger charge is -2.36. The van der Waals surface area contributed by atoms with Crippen LogP contribution in [0.25, 0.3) is 5.57 Å². The number of ether oxygens (including phenoxy) is 2. The maximum absolute atomic E-state index is 13.1. The number of para-hydroxylation sites is 2. The normalized spacial score (nSPS) is 16.9. The molecule has 0 fully saturated rings. The number of quaternary nitrogens is 1. The lowest BCUT2D eigenvalue weighted by Crippen LogP contribution is -2.40. The molecule has 2 heterocycles. The fourth-order valence-corrected chi connectivity index (χ4v) is 3.79. The van der Waals surface area contributed by atoms with Crippen molar-refractivity contribution in [2.75, 3.05) is 6.54 Å². The molecule has 1 aromatic heterocycles. The Morgan fingerprint density at radius 3 is 1.61 bits per heavy atom. The minimum atomic E-state index is -6.00. The largest absolute Gasteiger partial charge is 0.673 e. The molecule has 0 amide bonds. The van der Waals surface area contributed by atoms with Crippen molar-refractivity contribution in [1.82, 2.24) is 4.48 Å². The Morgan fingerprint density at radius 2 is 1.16 bits per heavy atom. The van der Waals surface area contributed by atoms with Gasteiger partial charge in [0.2, 0.25) is 0 Å². The lowest BCUT2D eigenvalue weighted by molar-refractivity contribution is -0.378. The zero-order chi connectivity index (χ0) is 33.4. The van der Waals surface area contributed by atoms with Gasteiger partial charge in [0.05, 0.1) is 0 Å². The lowest BCUT2D eigenvalue weighted by atomic mass is 10.0. The summed E-state index contributed by atoms with van der Waals surface area (Å²) in [4.78, 5) is 2.92. The third-order valence-electron chi connectivity index (χ3n) is 5.21. The molecule has 2 aromatic carbocycles. The second-order valence-electron chi connectivity index (χ2n) is 8.36. The Morgan fingerprint density at radius 1 is 0.659 bits per heavy atom. The number of hydrogen-bond acceptors (Lipinski definition) is 2. The van der Waals surface area contributed by atoms with E-state index in [1.807, 2.05) is 18.2 Å². The Kier molecular flexibility index (Phi) is 11.5. The van der Waals surface area contributed by atoms with Crippen LogP contribution >= 0.6 is 0 Å². The van der Waals surface area contributed by atoms with Gasteiger partial charge in [-0.15, -0.1) is 26.3 Å². The molecule has 4 nitrogen and oxygen atoms in total. The topological polar surface area (TPSA) is 32.6 Å². The van der Waals surface area contributed by atoms with Crippen LogP contribution in [0.2, 0.25) is 0 Å². The van der Waals surface area contributed by atoms with Crippen molar-refractivity contribution in [3.63, 3.8) is 0 Å². The van der Waals surface area contributed by atoms with E-state index in [0.717, 1.165) is 23.3 Å². The Balaban J connectivity index is 0.000000586. The van der Waals surface area contributed by atoms with E-state index < -0.39 is 38.7 Å². The molecule has 0 bridgehead atoms. The summed E-state index contributed by atoms with van der Waals surface area (Å²) in [6.45, 7) is 0.183. The van der Waals surface area contributed by atoms with Crippen LogP contribution in [-0.4, -0.2) is 33.8 Å². The number of benzene rings is 2. The summed E-state index contributed by atoms with van der Waals surface area (Å²) in [5.41, 5.74) is 2.31. The second kappa shape index (κ2) is 14.0. The van der Waals surface area contributed by atoms with Crippen LogP contribution < -0.4 is 18.9 Å².